The monoisotopic (exact) mass is 568 g/mol. The molecule has 0 aliphatic heterocycles. The van der Waals surface area contributed by atoms with Crippen molar-refractivity contribution < 1.29 is 45.0 Å². The normalized spacial score (nSPS) is 14.9. The van der Waals surface area contributed by atoms with E-state index in [4.69, 9.17) is 11.6 Å². The lowest BCUT2D eigenvalue weighted by molar-refractivity contribution is -0.306. The van der Waals surface area contributed by atoms with Crippen LogP contribution in [0.1, 0.15) is 22.4 Å². The summed E-state index contributed by atoms with van der Waals surface area (Å²) in [6.45, 7) is -1.88. The molecule has 1 unspecified atom stereocenters. The zero-order chi connectivity index (χ0) is 28.1. The van der Waals surface area contributed by atoms with E-state index in [9.17, 15) is 40.2 Å². The molecule has 3 rings (SSSR count). The minimum atomic E-state index is -4.92. The number of ether oxygens (including phenoxy) is 1. The lowest BCUT2D eigenvalue weighted by atomic mass is 9.79. The summed E-state index contributed by atoms with van der Waals surface area (Å²) in [7, 11) is 0. The third-order valence-corrected chi connectivity index (χ3v) is 5.78. The van der Waals surface area contributed by atoms with E-state index < -0.39 is 54.9 Å². The van der Waals surface area contributed by atoms with E-state index in [2.05, 4.69) is 15.0 Å². The maximum absolute atomic E-state index is 14.5. The van der Waals surface area contributed by atoms with Crippen LogP contribution in [0.4, 0.5) is 35.1 Å². The van der Waals surface area contributed by atoms with Crippen LogP contribution in [-0.4, -0.2) is 41.9 Å². The highest BCUT2D eigenvalue weighted by atomic mass is 35.5. The molecule has 0 radical (unpaired) electrons. The first-order chi connectivity index (χ1) is 17.7. The molecule has 2 aromatic carbocycles. The van der Waals surface area contributed by atoms with E-state index in [1.165, 1.54) is 18.3 Å². The van der Waals surface area contributed by atoms with Crippen molar-refractivity contribution in [2.24, 2.45) is 0 Å². The molecule has 0 amide bonds. The van der Waals surface area contributed by atoms with E-state index in [0.29, 0.717) is 17.7 Å². The second-order valence-corrected chi connectivity index (χ2v) is 8.80. The van der Waals surface area contributed by atoms with Crippen molar-refractivity contribution in [1.82, 2.24) is 10.3 Å². The van der Waals surface area contributed by atoms with Gasteiger partial charge >= 0.3 is 18.7 Å². The molecule has 0 saturated carbocycles. The molecule has 4 nitrogen and oxygen atoms in total. The zero-order valence-corrected chi connectivity index (χ0v) is 20.1. The number of benzene rings is 2. The molecule has 0 aliphatic rings. The Hall–Kier alpha value is -2.80. The van der Waals surface area contributed by atoms with Gasteiger partial charge in [-0.15, -0.1) is 0 Å². The fraction of sp³-hybridized carbons (Fsp3) is 0.320. The zero-order valence-electron chi connectivity index (χ0n) is 19.3. The number of hydrogen-bond acceptors (Lipinski definition) is 4. The van der Waals surface area contributed by atoms with E-state index in [1.807, 2.05) is 0 Å². The van der Waals surface area contributed by atoms with Gasteiger partial charge in [-0.3, -0.25) is 10.3 Å². The Bertz CT molecular complexity index is 1200. The van der Waals surface area contributed by atoms with E-state index >= 15 is 0 Å². The van der Waals surface area contributed by atoms with Crippen molar-refractivity contribution in [3.05, 3.63) is 100 Å². The summed E-state index contributed by atoms with van der Waals surface area (Å²) in [5.41, 5.74) is -2.74. The van der Waals surface area contributed by atoms with Gasteiger partial charge in [0.15, 0.2) is 0 Å². The van der Waals surface area contributed by atoms with Crippen molar-refractivity contribution >= 4 is 11.6 Å². The first-order valence-electron chi connectivity index (χ1n) is 11.0. The molecule has 2 N–H and O–H groups in total. The number of pyridine rings is 1. The Morgan fingerprint density at radius 1 is 0.947 bits per heavy atom. The number of aliphatic hydroxyl groups excluding tert-OH is 1. The summed E-state index contributed by atoms with van der Waals surface area (Å²) in [5.74, 6) is -1.22. The smallest absolute Gasteiger partial charge is 0.389 e. The number of aliphatic hydroxyl groups is 1. The van der Waals surface area contributed by atoms with Crippen LogP contribution in [0.3, 0.4) is 0 Å². The Morgan fingerprint density at radius 3 is 2.18 bits per heavy atom. The number of halogens is 9. The molecule has 0 fully saturated rings. The van der Waals surface area contributed by atoms with Gasteiger partial charge in [0.05, 0.1) is 34.5 Å². The van der Waals surface area contributed by atoms with Crippen molar-refractivity contribution in [3.63, 3.8) is 0 Å². The largest absolute Gasteiger partial charge is 0.416 e. The minimum absolute atomic E-state index is 0.0514. The molecular formula is C25H21ClF8N2O2. The van der Waals surface area contributed by atoms with Crippen LogP contribution in [0.15, 0.2) is 66.9 Å². The minimum Gasteiger partial charge on any atom is -0.389 e. The maximum Gasteiger partial charge on any atom is 0.416 e. The summed E-state index contributed by atoms with van der Waals surface area (Å²) < 4.78 is 110. The van der Waals surface area contributed by atoms with Crippen LogP contribution in [-0.2, 0) is 22.9 Å². The SMILES string of the molecule is OC(CN[C@@](Cc1ccccc1)(c1cc(F)cc(C(F)(F)F)c1)c1ccc(Cl)cn1)COC(F)(F)C(F)F. The molecule has 0 saturated heterocycles. The van der Waals surface area contributed by atoms with Crippen LogP contribution in [0.5, 0.6) is 0 Å². The first-order valence-corrected chi connectivity index (χ1v) is 11.4. The third kappa shape index (κ3) is 7.40. The molecule has 13 heteroatoms. The van der Waals surface area contributed by atoms with Gasteiger partial charge in [-0.25, -0.2) is 13.2 Å². The van der Waals surface area contributed by atoms with Gasteiger partial charge in [0.2, 0.25) is 0 Å². The number of nitrogens with one attached hydrogen (secondary N) is 1. The van der Waals surface area contributed by atoms with Crippen molar-refractivity contribution in [2.45, 2.75) is 36.8 Å². The fourth-order valence-corrected chi connectivity index (χ4v) is 3.86. The summed E-state index contributed by atoms with van der Waals surface area (Å²) in [6.07, 6.45) is -14.7. The quantitative estimate of drug-likeness (QED) is 0.270. The molecule has 3 aromatic rings. The Kier molecular flexibility index (Phi) is 9.34. The van der Waals surface area contributed by atoms with E-state index in [-0.39, 0.29) is 22.7 Å². The predicted octanol–water partition coefficient (Wildman–Crippen LogP) is 6.20. The Labute approximate surface area is 217 Å². The van der Waals surface area contributed by atoms with E-state index in [1.54, 1.807) is 30.3 Å². The third-order valence-electron chi connectivity index (χ3n) is 5.56. The number of nitrogens with zero attached hydrogens (tertiary/aromatic N) is 1. The Morgan fingerprint density at radius 2 is 1.61 bits per heavy atom. The number of aromatic nitrogens is 1. The van der Waals surface area contributed by atoms with Gasteiger partial charge in [-0.1, -0.05) is 41.9 Å². The summed E-state index contributed by atoms with van der Waals surface area (Å²) in [6, 6.07) is 12.9. The van der Waals surface area contributed by atoms with Gasteiger partial charge in [0.1, 0.15) is 5.82 Å². The van der Waals surface area contributed by atoms with Crippen molar-refractivity contribution in [1.29, 1.82) is 0 Å². The van der Waals surface area contributed by atoms with E-state index in [0.717, 1.165) is 6.07 Å². The predicted molar refractivity (Wildman–Crippen MR) is 122 cm³/mol. The maximum atomic E-state index is 14.5. The second kappa shape index (κ2) is 11.9. The second-order valence-electron chi connectivity index (χ2n) is 8.36. The number of rotatable bonds is 11. The molecule has 2 atom stereocenters. The lowest BCUT2D eigenvalue weighted by Crippen LogP contribution is -2.50. The van der Waals surface area contributed by atoms with Gasteiger partial charge in [-0.2, -0.15) is 22.0 Å². The molecule has 0 bridgehead atoms. The van der Waals surface area contributed by atoms with Crippen LogP contribution in [0.2, 0.25) is 5.02 Å². The van der Waals surface area contributed by atoms with Gasteiger partial charge in [0, 0.05) is 19.2 Å². The lowest BCUT2D eigenvalue weighted by Gasteiger charge is -2.37. The summed E-state index contributed by atoms with van der Waals surface area (Å²) in [5, 5.41) is 13.2. The first kappa shape index (κ1) is 29.8. The number of alkyl halides is 7. The molecule has 1 aromatic heterocycles. The van der Waals surface area contributed by atoms with Gasteiger partial charge < -0.3 is 9.84 Å². The summed E-state index contributed by atoms with van der Waals surface area (Å²) >= 11 is 5.93. The highest BCUT2D eigenvalue weighted by molar-refractivity contribution is 6.30. The number of hydrogen-bond donors (Lipinski definition) is 2. The summed E-state index contributed by atoms with van der Waals surface area (Å²) in [4.78, 5) is 4.20. The average Bonchev–Trinajstić information content (AvgIpc) is 2.85. The van der Waals surface area contributed by atoms with Crippen LogP contribution < -0.4 is 5.32 Å². The van der Waals surface area contributed by atoms with Gasteiger partial charge in [-0.05, 0) is 41.5 Å². The van der Waals surface area contributed by atoms with Crippen LogP contribution in [0, 0.1) is 5.82 Å². The molecule has 0 aliphatic carbocycles. The molecular weight excluding hydrogens is 548 g/mol. The van der Waals surface area contributed by atoms with Crippen molar-refractivity contribution in [2.75, 3.05) is 13.2 Å². The highest BCUT2D eigenvalue weighted by Gasteiger charge is 2.43. The van der Waals surface area contributed by atoms with Crippen LogP contribution >= 0.6 is 11.6 Å². The van der Waals surface area contributed by atoms with Crippen molar-refractivity contribution in [3.8, 4) is 0 Å². The molecule has 38 heavy (non-hydrogen) atoms. The molecule has 206 valence electrons. The van der Waals surface area contributed by atoms with Crippen LogP contribution in [0.25, 0.3) is 0 Å². The standard InChI is InChI=1S/C25H21ClF8N2O2/c26-18-6-7-21(35-12-18)23(11-15-4-2-1-3-5-15,16-8-17(24(30,31)32)10-19(27)9-16)36-13-20(37)14-38-25(33,34)22(28)29/h1-10,12,20,22,36-37H,11,13-14H2/t20?,23-/m0/s1. The van der Waals surface area contributed by atoms with Gasteiger partial charge in [0.25, 0.3) is 0 Å². The Balaban J connectivity index is 2.11. The molecule has 1 heterocycles. The highest BCUT2D eigenvalue weighted by Crippen LogP contribution is 2.38. The fourth-order valence-electron chi connectivity index (χ4n) is 3.75. The average molecular weight is 569 g/mol. The molecule has 0 spiro atoms. The topological polar surface area (TPSA) is 54.4 Å².